The largest absolute Gasteiger partial charge is 0.471 e. The Balaban J connectivity index is 1.53. The Labute approximate surface area is 190 Å². The fraction of sp³-hybridized carbons (Fsp3) is 0.348. The standard InChI is InChI=1S/C23H24ClFN4O3/c1-23(2,3)32-22(30)29-8-6-14(7-9-29)18-11-19-20(27-13-26-19)21(28-18)31-12-15-4-5-16(24)10-17(15)25/h4-6,10-11,13H,7-9,12H2,1-3H3,(H,26,27). The van der Waals surface area contributed by atoms with E-state index < -0.39 is 11.4 Å². The zero-order valence-corrected chi connectivity index (χ0v) is 18.9. The van der Waals surface area contributed by atoms with Crippen LogP contribution in [0.5, 0.6) is 5.88 Å². The van der Waals surface area contributed by atoms with Gasteiger partial charge in [0.15, 0.2) is 5.52 Å². The second-order valence-electron chi connectivity index (χ2n) is 8.54. The molecule has 1 aromatic carbocycles. The van der Waals surface area contributed by atoms with E-state index in [1.807, 2.05) is 32.9 Å². The number of rotatable bonds is 4. The number of carbonyl (C=O) groups is 1. The van der Waals surface area contributed by atoms with Crippen LogP contribution >= 0.6 is 11.6 Å². The third-order valence-corrected chi connectivity index (χ3v) is 5.18. The number of nitrogens with one attached hydrogen (secondary N) is 1. The van der Waals surface area contributed by atoms with Crippen molar-refractivity contribution in [1.29, 1.82) is 0 Å². The Morgan fingerprint density at radius 1 is 1.31 bits per heavy atom. The Hall–Kier alpha value is -3.13. The molecule has 1 N–H and O–H groups in total. The van der Waals surface area contributed by atoms with Crippen LogP contribution in [0.4, 0.5) is 9.18 Å². The quantitative estimate of drug-likeness (QED) is 0.569. The maximum atomic E-state index is 14.1. The first-order chi connectivity index (χ1) is 15.2. The lowest BCUT2D eigenvalue weighted by Crippen LogP contribution is -2.39. The van der Waals surface area contributed by atoms with Crippen LogP contribution in [0.25, 0.3) is 16.6 Å². The summed E-state index contributed by atoms with van der Waals surface area (Å²) in [7, 11) is 0. The first-order valence-electron chi connectivity index (χ1n) is 10.3. The van der Waals surface area contributed by atoms with Gasteiger partial charge in [-0.05, 0) is 51.0 Å². The highest BCUT2D eigenvalue weighted by Crippen LogP contribution is 2.29. The summed E-state index contributed by atoms with van der Waals surface area (Å²) >= 11 is 5.82. The number of fused-ring (bicyclic) bond motifs is 1. The highest BCUT2D eigenvalue weighted by atomic mass is 35.5. The molecular weight excluding hydrogens is 435 g/mol. The second-order valence-corrected chi connectivity index (χ2v) is 8.98. The summed E-state index contributed by atoms with van der Waals surface area (Å²) in [5.41, 5.74) is 2.87. The van der Waals surface area contributed by atoms with E-state index in [0.717, 1.165) is 16.8 Å². The number of halogens is 2. The predicted molar refractivity (Wildman–Crippen MR) is 120 cm³/mol. The van der Waals surface area contributed by atoms with Crippen LogP contribution in [0, 0.1) is 5.82 Å². The molecule has 32 heavy (non-hydrogen) atoms. The molecule has 4 rings (SSSR count). The minimum atomic E-state index is -0.538. The van der Waals surface area contributed by atoms with Crippen molar-refractivity contribution in [3.8, 4) is 5.88 Å². The van der Waals surface area contributed by atoms with Gasteiger partial charge in [-0.1, -0.05) is 23.7 Å². The van der Waals surface area contributed by atoms with Gasteiger partial charge >= 0.3 is 6.09 Å². The van der Waals surface area contributed by atoms with Crippen molar-refractivity contribution < 1.29 is 18.7 Å². The predicted octanol–water partition coefficient (Wildman–Crippen LogP) is 5.35. The summed E-state index contributed by atoms with van der Waals surface area (Å²) in [5.74, 6) is -0.132. The fourth-order valence-electron chi connectivity index (χ4n) is 3.36. The Morgan fingerprint density at radius 3 is 2.81 bits per heavy atom. The molecular formula is C23H24ClFN4O3. The molecule has 9 heteroatoms. The first-order valence-corrected chi connectivity index (χ1v) is 10.7. The minimum absolute atomic E-state index is 0.00706. The molecule has 7 nitrogen and oxygen atoms in total. The van der Waals surface area contributed by atoms with Gasteiger partial charge in [-0.2, -0.15) is 0 Å². The van der Waals surface area contributed by atoms with Crippen LogP contribution in [-0.4, -0.2) is 44.6 Å². The zero-order valence-electron chi connectivity index (χ0n) is 18.1. The Bertz CT molecular complexity index is 1190. The smallest absolute Gasteiger partial charge is 0.410 e. The number of pyridine rings is 1. The summed E-state index contributed by atoms with van der Waals surface area (Å²) in [6.45, 7) is 6.48. The number of nitrogens with zero attached hydrogens (tertiary/aromatic N) is 3. The normalized spacial score (nSPS) is 14.4. The van der Waals surface area contributed by atoms with Crippen molar-refractivity contribution in [2.24, 2.45) is 0 Å². The molecule has 0 fully saturated rings. The number of aromatic nitrogens is 3. The number of hydrogen-bond donors (Lipinski definition) is 1. The van der Waals surface area contributed by atoms with Gasteiger partial charge in [0.05, 0.1) is 17.5 Å². The van der Waals surface area contributed by atoms with Gasteiger partial charge in [0.2, 0.25) is 5.88 Å². The first kappa shape index (κ1) is 22.1. The van der Waals surface area contributed by atoms with Crippen LogP contribution in [0.3, 0.4) is 0 Å². The van der Waals surface area contributed by atoms with Crippen molar-refractivity contribution in [3.05, 3.63) is 58.8 Å². The molecule has 0 spiro atoms. The molecule has 1 aliphatic heterocycles. The number of benzene rings is 1. The topological polar surface area (TPSA) is 80.3 Å². The molecule has 1 amide bonds. The molecule has 0 aliphatic carbocycles. The van der Waals surface area contributed by atoms with E-state index in [1.165, 1.54) is 6.07 Å². The molecule has 0 saturated carbocycles. The summed E-state index contributed by atoms with van der Waals surface area (Å²) in [6.07, 6.45) is 3.81. The molecule has 3 heterocycles. The second kappa shape index (κ2) is 8.78. The number of amides is 1. The van der Waals surface area contributed by atoms with Crippen LogP contribution in [-0.2, 0) is 11.3 Å². The van der Waals surface area contributed by atoms with E-state index in [1.54, 1.807) is 23.4 Å². The SMILES string of the molecule is CC(C)(C)OC(=O)N1CC=C(c2cc3[nH]cnc3c(OCc3ccc(Cl)cc3F)n2)CC1. The van der Waals surface area contributed by atoms with Crippen LogP contribution < -0.4 is 4.74 Å². The van der Waals surface area contributed by atoms with Crippen molar-refractivity contribution >= 4 is 34.3 Å². The van der Waals surface area contributed by atoms with Gasteiger partial charge in [0.25, 0.3) is 0 Å². The van der Waals surface area contributed by atoms with E-state index >= 15 is 0 Å². The summed E-state index contributed by atoms with van der Waals surface area (Å²) in [5, 5.41) is 0.325. The van der Waals surface area contributed by atoms with E-state index in [9.17, 15) is 9.18 Å². The van der Waals surface area contributed by atoms with E-state index in [0.29, 0.717) is 41.5 Å². The van der Waals surface area contributed by atoms with Crippen molar-refractivity contribution in [2.45, 2.75) is 39.4 Å². The van der Waals surface area contributed by atoms with Crippen LogP contribution in [0.15, 0.2) is 36.7 Å². The van der Waals surface area contributed by atoms with Crippen molar-refractivity contribution in [2.75, 3.05) is 13.1 Å². The van der Waals surface area contributed by atoms with Gasteiger partial charge in [-0.15, -0.1) is 0 Å². The number of hydrogen-bond acceptors (Lipinski definition) is 5. The van der Waals surface area contributed by atoms with Gasteiger partial charge in [-0.25, -0.2) is 19.2 Å². The van der Waals surface area contributed by atoms with Gasteiger partial charge < -0.3 is 19.4 Å². The molecule has 168 valence electrons. The van der Waals surface area contributed by atoms with E-state index in [2.05, 4.69) is 15.0 Å². The lowest BCUT2D eigenvalue weighted by Gasteiger charge is -2.29. The van der Waals surface area contributed by atoms with Gasteiger partial charge in [-0.3, -0.25) is 0 Å². The molecule has 1 aliphatic rings. The average Bonchev–Trinajstić information content (AvgIpc) is 3.21. The van der Waals surface area contributed by atoms with E-state index in [4.69, 9.17) is 21.1 Å². The average molecular weight is 459 g/mol. The molecule has 0 saturated heterocycles. The highest BCUT2D eigenvalue weighted by molar-refractivity contribution is 6.30. The monoisotopic (exact) mass is 458 g/mol. The fourth-order valence-corrected chi connectivity index (χ4v) is 3.52. The lowest BCUT2D eigenvalue weighted by molar-refractivity contribution is 0.0270. The molecule has 0 bridgehead atoms. The number of ether oxygens (including phenoxy) is 2. The summed E-state index contributed by atoms with van der Waals surface area (Å²) < 4.78 is 25.4. The van der Waals surface area contributed by atoms with Gasteiger partial charge in [0, 0.05) is 23.7 Å². The summed E-state index contributed by atoms with van der Waals surface area (Å²) in [6, 6.07) is 6.34. The van der Waals surface area contributed by atoms with Crippen molar-refractivity contribution in [3.63, 3.8) is 0 Å². The highest BCUT2D eigenvalue weighted by Gasteiger charge is 2.24. The molecule has 3 aromatic rings. The maximum Gasteiger partial charge on any atom is 0.410 e. The maximum absolute atomic E-state index is 14.1. The number of carbonyl (C=O) groups excluding carboxylic acids is 1. The number of H-pyrrole nitrogens is 1. The van der Waals surface area contributed by atoms with Crippen LogP contribution in [0.1, 0.15) is 38.4 Å². The molecule has 0 radical (unpaired) electrons. The molecule has 0 unspecified atom stereocenters. The Morgan fingerprint density at radius 2 is 2.12 bits per heavy atom. The number of aromatic amines is 1. The van der Waals surface area contributed by atoms with E-state index in [-0.39, 0.29) is 12.7 Å². The minimum Gasteiger partial charge on any atom is -0.471 e. The molecule has 0 atom stereocenters. The third-order valence-electron chi connectivity index (χ3n) is 4.94. The number of imidazole rings is 1. The summed E-state index contributed by atoms with van der Waals surface area (Å²) in [4.78, 5) is 25.9. The van der Waals surface area contributed by atoms with Crippen molar-refractivity contribution in [1.82, 2.24) is 19.9 Å². The third kappa shape index (κ3) is 5.02. The lowest BCUT2D eigenvalue weighted by atomic mass is 10.0. The van der Waals surface area contributed by atoms with Crippen LogP contribution in [0.2, 0.25) is 5.02 Å². The van der Waals surface area contributed by atoms with Gasteiger partial charge in [0.1, 0.15) is 18.0 Å². The molecule has 2 aromatic heterocycles. The Kier molecular flexibility index (Phi) is 6.06. The zero-order chi connectivity index (χ0) is 22.9.